The largest absolute Gasteiger partial charge is 0.497 e. The number of methoxy groups -OCH3 is 2. The van der Waals surface area contributed by atoms with Gasteiger partial charge >= 0.3 is 13.3 Å². The smallest absolute Gasteiger partial charge is 0.351 e. The third-order valence-electron chi connectivity index (χ3n) is 5.05. The van der Waals surface area contributed by atoms with E-state index in [0.717, 1.165) is 6.66 Å². The van der Waals surface area contributed by atoms with Gasteiger partial charge in [-0.15, -0.1) is 0 Å². The highest BCUT2D eigenvalue weighted by atomic mass is 31.2. The molecule has 13 heteroatoms. The van der Waals surface area contributed by atoms with Crippen molar-refractivity contribution in [3.8, 4) is 17.6 Å². The van der Waals surface area contributed by atoms with Crippen molar-refractivity contribution >= 4 is 19.3 Å². The molecule has 4 unspecified atom stereocenters. The molecule has 2 heterocycles. The summed E-state index contributed by atoms with van der Waals surface area (Å²) in [6.07, 6.45) is -0.763. The molecular weight excluding hydrogens is 479 g/mol. The monoisotopic (exact) mass is 506 g/mol. The average Bonchev–Trinajstić information content (AvgIpc) is 3.18. The molecule has 12 nitrogen and oxygen atoms in total. The Morgan fingerprint density at radius 2 is 2.09 bits per heavy atom. The summed E-state index contributed by atoms with van der Waals surface area (Å²) in [6.45, 7) is 1.19. The molecule has 1 aliphatic rings. The van der Waals surface area contributed by atoms with Crippen molar-refractivity contribution < 1.29 is 33.0 Å². The zero-order chi connectivity index (χ0) is 25.6. The van der Waals surface area contributed by atoms with Crippen LogP contribution in [-0.2, 0) is 18.6 Å². The number of nitrogen functional groups attached to an aromatic ring is 1. The first-order chi connectivity index (χ1) is 16.6. The summed E-state index contributed by atoms with van der Waals surface area (Å²) in [5.74, 6) is 5.81. The molecule has 4 atom stereocenters. The summed E-state index contributed by atoms with van der Waals surface area (Å²) >= 11 is 0. The first-order valence-corrected chi connectivity index (χ1v) is 12.6. The molecule has 0 aliphatic carbocycles. The third kappa shape index (κ3) is 7.14. The molecule has 1 aliphatic heterocycles. The molecule has 0 spiro atoms. The SMILES string of the molecule is COCC1OC(n2cc(C#CCNC(=O)c3ccc(OC)cc3)c(N)nc2=O)CC1OP(C)(=O)O. The Balaban J connectivity index is 1.71. The van der Waals surface area contributed by atoms with Crippen LogP contribution in [0.2, 0.25) is 0 Å². The Morgan fingerprint density at radius 3 is 2.71 bits per heavy atom. The molecule has 4 N–H and O–H groups in total. The van der Waals surface area contributed by atoms with E-state index >= 15 is 0 Å². The van der Waals surface area contributed by atoms with E-state index in [2.05, 4.69) is 22.1 Å². The maximum Gasteiger partial charge on any atom is 0.351 e. The minimum atomic E-state index is -3.80. The first-order valence-electron chi connectivity index (χ1n) is 10.5. The highest BCUT2D eigenvalue weighted by Crippen LogP contribution is 2.43. The zero-order valence-electron chi connectivity index (χ0n) is 19.5. The summed E-state index contributed by atoms with van der Waals surface area (Å²) in [7, 11) is -0.806. The van der Waals surface area contributed by atoms with Crippen LogP contribution < -0.4 is 21.5 Å². The number of carbonyl (C=O) groups excluding carboxylic acids is 1. The number of anilines is 1. The van der Waals surface area contributed by atoms with Crippen LogP contribution in [0, 0.1) is 11.8 Å². The lowest BCUT2D eigenvalue weighted by Gasteiger charge is -2.19. The number of carbonyl (C=O) groups is 1. The number of hydrogen-bond acceptors (Lipinski definition) is 9. The number of aromatic nitrogens is 2. The predicted molar refractivity (Wildman–Crippen MR) is 126 cm³/mol. The standard InChI is InChI=1S/C22H27N4O8P/c1-31-13-18-17(34-35(3,29)30)11-19(33-18)26-12-15(20(23)25-22(26)28)5-4-10-24-21(27)14-6-8-16(32-2)9-7-14/h6-9,12,17-19H,10-11,13H2,1-3H3,(H,24,27)(H,29,30)(H2,23,25,28). The molecule has 0 saturated carbocycles. The van der Waals surface area contributed by atoms with Crippen LogP contribution >= 0.6 is 7.60 Å². The fourth-order valence-corrected chi connectivity index (χ4v) is 4.16. The van der Waals surface area contributed by atoms with Crippen LogP contribution in [0.15, 0.2) is 35.3 Å². The van der Waals surface area contributed by atoms with E-state index < -0.39 is 31.7 Å². The topological polar surface area (TPSA) is 164 Å². The van der Waals surface area contributed by atoms with Gasteiger partial charge in [0.1, 0.15) is 23.9 Å². The number of hydrogen-bond donors (Lipinski definition) is 3. The molecule has 3 rings (SSSR count). The highest BCUT2D eigenvalue weighted by Gasteiger charge is 2.40. The van der Waals surface area contributed by atoms with Gasteiger partial charge in [-0.1, -0.05) is 11.8 Å². The Kier molecular flexibility index (Phi) is 8.67. The fourth-order valence-electron chi connectivity index (χ4n) is 3.44. The van der Waals surface area contributed by atoms with Crippen LogP contribution in [0.3, 0.4) is 0 Å². The summed E-state index contributed by atoms with van der Waals surface area (Å²) in [4.78, 5) is 38.1. The molecule has 1 aromatic carbocycles. The summed E-state index contributed by atoms with van der Waals surface area (Å²) in [6, 6.07) is 6.61. The van der Waals surface area contributed by atoms with Crippen molar-refractivity contribution in [1.29, 1.82) is 0 Å². The fraction of sp³-hybridized carbons (Fsp3) is 0.409. The molecule has 35 heavy (non-hydrogen) atoms. The van der Waals surface area contributed by atoms with Crippen LogP contribution in [-0.4, -0.2) is 66.6 Å². The van der Waals surface area contributed by atoms with E-state index in [1.54, 1.807) is 24.3 Å². The second kappa shape index (κ2) is 11.5. The van der Waals surface area contributed by atoms with Crippen molar-refractivity contribution in [2.24, 2.45) is 0 Å². The van der Waals surface area contributed by atoms with Gasteiger partial charge in [0, 0.05) is 32.0 Å². The molecule has 0 radical (unpaired) electrons. The normalized spacial score (nSPS) is 21.0. The number of nitrogens with one attached hydrogen (secondary N) is 1. The molecule has 188 valence electrons. The molecule has 0 bridgehead atoms. The third-order valence-corrected chi connectivity index (χ3v) is 5.71. The van der Waals surface area contributed by atoms with Crippen molar-refractivity contribution in [3.63, 3.8) is 0 Å². The number of nitrogens with two attached hydrogens (primary N) is 1. The molecule has 1 saturated heterocycles. The van der Waals surface area contributed by atoms with E-state index in [0.29, 0.717) is 11.3 Å². The summed E-state index contributed by atoms with van der Waals surface area (Å²) < 4.78 is 34.1. The zero-order valence-corrected chi connectivity index (χ0v) is 20.4. The van der Waals surface area contributed by atoms with Gasteiger partial charge in [0.15, 0.2) is 0 Å². The number of ether oxygens (including phenoxy) is 3. The van der Waals surface area contributed by atoms with Gasteiger partial charge in [-0.3, -0.25) is 13.9 Å². The minimum absolute atomic E-state index is 0.0253. The Morgan fingerprint density at radius 1 is 1.37 bits per heavy atom. The van der Waals surface area contributed by atoms with E-state index in [1.807, 2.05) is 0 Å². The Hall–Kier alpha value is -3.20. The van der Waals surface area contributed by atoms with E-state index in [-0.39, 0.29) is 36.9 Å². The Bertz CT molecular complexity index is 1210. The van der Waals surface area contributed by atoms with E-state index in [4.69, 9.17) is 24.5 Å². The van der Waals surface area contributed by atoms with Crippen molar-refractivity contribution in [1.82, 2.24) is 14.9 Å². The number of benzene rings is 1. The van der Waals surface area contributed by atoms with Gasteiger partial charge in [0.25, 0.3) is 5.91 Å². The molecular formula is C22H27N4O8P. The summed E-state index contributed by atoms with van der Waals surface area (Å²) in [5, 5.41) is 2.67. The van der Waals surface area contributed by atoms with Gasteiger partial charge in [-0.05, 0) is 24.3 Å². The number of nitrogens with zero attached hydrogens (tertiary/aromatic N) is 2. The van der Waals surface area contributed by atoms with E-state index in [1.165, 1.54) is 25.0 Å². The van der Waals surface area contributed by atoms with Crippen LogP contribution in [0.1, 0.15) is 28.6 Å². The maximum absolute atomic E-state index is 12.5. The summed E-state index contributed by atoms with van der Waals surface area (Å²) in [5.41, 5.74) is 5.88. The minimum Gasteiger partial charge on any atom is -0.497 e. The van der Waals surface area contributed by atoms with Crippen LogP contribution in [0.5, 0.6) is 5.75 Å². The van der Waals surface area contributed by atoms with Crippen molar-refractivity contribution in [3.05, 3.63) is 52.1 Å². The number of rotatable bonds is 8. The first kappa shape index (κ1) is 26.4. The molecule has 1 aromatic heterocycles. The van der Waals surface area contributed by atoms with Gasteiger partial charge in [-0.2, -0.15) is 4.98 Å². The lowest BCUT2D eigenvalue weighted by Crippen LogP contribution is -2.29. The Labute approximate surface area is 201 Å². The molecule has 2 aromatic rings. The maximum atomic E-state index is 12.5. The van der Waals surface area contributed by atoms with Crippen LogP contribution in [0.4, 0.5) is 5.82 Å². The van der Waals surface area contributed by atoms with Gasteiger partial charge in [0.2, 0.25) is 0 Å². The van der Waals surface area contributed by atoms with Crippen molar-refractivity contribution in [2.45, 2.75) is 24.9 Å². The second-order valence-corrected chi connectivity index (χ2v) is 9.53. The molecule has 1 amide bonds. The lowest BCUT2D eigenvalue weighted by molar-refractivity contribution is -0.0518. The highest BCUT2D eigenvalue weighted by molar-refractivity contribution is 7.51. The van der Waals surface area contributed by atoms with E-state index in [9.17, 15) is 19.0 Å². The van der Waals surface area contributed by atoms with Gasteiger partial charge in [0.05, 0.1) is 31.9 Å². The average molecular weight is 506 g/mol. The second-order valence-electron chi connectivity index (χ2n) is 7.71. The molecule has 1 fully saturated rings. The quantitative estimate of drug-likeness (QED) is 0.344. The van der Waals surface area contributed by atoms with Crippen LogP contribution in [0.25, 0.3) is 0 Å². The number of amides is 1. The van der Waals surface area contributed by atoms with Gasteiger partial charge < -0.3 is 34.7 Å². The lowest BCUT2D eigenvalue weighted by atomic mass is 10.2. The predicted octanol–water partition coefficient (Wildman–Crippen LogP) is 0.750. The van der Waals surface area contributed by atoms with Crippen molar-refractivity contribution in [2.75, 3.05) is 39.8 Å². The van der Waals surface area contributed by atoms with Gasteiger partial charge in [-0.25, -0.2) is 4.79 Å².